The Bertz CT molecular complexity index is 966. The fraction of sp³-hybridized carbons (Fsp3) is 0.654. The Morgan fingerprint density at radius 1 is 1.15 bits per heavy atom. The largest absolute Gasteiger partial charge is 0.351 e. The lowest BCUT2D eigenvalue weighted by Crippen LogP contribution is -2.65. The number of nitrogens with zero attached hydrogens (tertiary/aromatic N) is 3. The second kappa shape index (κ2) is 10.9. The highest BCUT2D eigenvalue weighted by Crippen LogP contribution is 2.31. The van der Waals surface area contributed by atoms with Gasteiger partial charge in [-0.15, -0.1) is 0 Å². The van der Waals surface area contributed by atoms with E-state index in [1.165, 1.54) is 19.3 Å². The van der Waals surface area contributed by atoms with Gasteiger partial charge < -0.3 is 14.8 Å². The molecule has 1 aliphatic carbocycles. The smallest absolute Gasteiger partial charge is 0.290 e. The molecule has 180 valence electrons. The van der Waals surface area contributed by atoms with Crippen LogP contribution in [0.4, 0.5) is 0 Å². The molecule has 0 radical (unpaired) electrons. The minimum atomic E-state index is -0.925. The van der Waals surface area contributed by atoms with Crippen molar-refractivity contribution < 1.29 is 9.59 Å². The van der Waals surface area contributed by atoms with E-state index in [2.05, 4.69) is 17.2 Å². The number of nitrogens with one attached hydrogen (secondary N) is 1. The molecule has 4 rings (SSSR count). The molecule has 1 N–H and O–H groups in total. The summed E-state index contributed by atoms with van der Waals surface area (Å²) in [5.74, 6) is 2.42. The van der Waals surface area contributed by atoms with E-state index in [-0.39, 0.29) is 17.9 Å². The zero-order valence-corrected chi connectivity index (χ0v) is 21.0. The quantitative estimate of drug-likeness (QED) is 0.551. The zero-order chi connectivity index (χ0) is 23.3. The van der Waals surface area contributed by atoms with Crippen molar-refractivity contribution in [1.29, 1.82) is 0 Å². The van der Waals surface area contributed by atoms with Crippen molar-refractivity contribution in [3.63, 3.8) is 0 Å². The molecular weight excluding hydrogens is 432 g/mol. The molecule has 0 spiro atoms. The molecule has 1 aromatic heterocycles. The van der Waals surface area contributed by atoms with E-state index >= 15 is 0 Å². The van der Waals surface area contributed by atoms with Crippen molar-refractivity contribution in [2.75, 3.05) is 18.1 Å². The van der Waals surface area contributed by atoms with E-state index in [9.17, 15) is 9.59 Å². The summed E-state index contributed by atoms with van der Waals surface area (Å²) < 4.78 is 1.96. The summed E-state index contributed by atoms with van der Waals surface area (Å²) in [6, 6.07) is 8.03. The first kappa shape index (κ1) is 24.1. The Morgan fingerprint density at radius 3 is 2.64 bits per heavy atom. The number of fused-ring (bicyclic) bond motifs is 3. The van der Waals surface area contributed by atoms with Gasteiger partial charge in [-0.1, -0.05) is 51.2 Å². The van der Waals surface area contributed by atoms with Crippen molar-refractivity contribution in [1.82, 2.24) is 19.8 Å². The van der Waals surface area contributed by atoms with Gasteiger partial charge in [0.05, 0.1) is 17.6 Å². The van der Waals surface area contributed by atoms with Crippen LogP contribution in [-0.2, 0) is 11.3 Å². The molecule has 33 heavy (non-hydrogen) atoms. The monoisotopic (exact) mass is 470 g/mol. The van der Waals surface area contributed by atoms with Crippen molar-refractivity contribution >= 4 is 34.6 Å². The van der Waals surface area contributed by atoms with Gasteiger partial charge in [-0.2, -0.15) is 11.8 Å². The van der Waals surface area contributed by atoms with Crippen molar-refractivity contribution in [3.8, 4) is 0 Å². The lowest BCUT2D eigenvalue weighted by Gasteiger charge is -2.44. The fourth-order valence-electron chi connectivity index (χ4n) is 5.19. The average Bonchev–Trinajstić information content (AvgIpc) is 3.16. The summed E-state index contributed by atoms with van der Waals surface area (Å²) >= 11 is 1.91. The Morgan fingerprint density at radius 2 is 1.88 bits per heavy atom. The van der Waals surface area contributed by atoms with Crippen LogP contribution in [0.3, 0.4) is 0 Å². The highest BCUT2D eigenvalue weighted by atomic mass is 32.2. The second-order valence-corrected chi connectivity index (χ2v) is 10.9. The third kappa shape index (κ3) is 5.23. The fourth-order valence-corrected chi connectivity index (χ4v) is 6.02. The van der Waals surface area contributed by atoms with Gasteiger partial charge in [0.2, 0.25) is 5.91 Å². The Balaban J connectivity index is 1.59. The maximum Gasteiger partial charge on any atom is 0.290 e. The molecule has 1 aromatic carbocycles. The van der Waals surface area contributed by atoms with Crippen LogP contribution >= 0.6 is 11.8 Å². The lowest BCUT2D eigenvalue weighted by atomic mass is 9.92. The number of hydrogen-bond acceptors (Lipinski definition) is 4. The molecule has 0 bridgehead atoms. The number of thioether (sulfide) groups is 1. The van der Waals surface area contributed by atoms with Crippen LogP contribution in [0.2, 0.25) is 0 Å². The van der Waals surface area contributed by atoms with Gasteiger partial charge in [-0.05, 0) is 56.2 Å². The van der Waals surface area contributed by atoms with Crippen LogP contribution in [0.5, 0.6) is 0 Å². The van der Waals surface area contributed by atoms with Gasteiger partial charge in [0.25, 0.3) is 5.91 Å². The molecule has 2 amide bonds. The second-order valence-electron chi connectivity index (χ2n) is 9.72. The number of rotatable bonds is 8. The SMILES string of the molecule is CCCSCCCN1C(=O)c2nc3ccccc3n2C[C@]1(C)C(=O)NC1CCCCCCC1. The first-order valence-electron chi connectivity index (χ1n) is 12.7. The summed E-state index contributed by atoms with van der Waals surface area (Å²) in [5.41, 5.74) is 0.804. The highest BCUT2D eigenvalue weighted by Gasteiger charge is 2.48. The third-order valence-corrected chi connectivity index (χ3v) is 8.38. The molecular formula is C26H38N4O2S. The predicted molar refractivity (Wildman–Crippen MR) is 136 cm³/mol. The number of imidazole rings is 1. The van der Waals surface area contributed by atoms with Gasteiger partial charge in [0, 0.05) is 12.6 Å². The minimum Gasteiger partial charge on any atom is -0.351 e. The maximum atomic E-state index is 13.8. The number of aromatic nitrogens is 2. The number of carbonyl (C=O) groups is 2. The van der Waals surface area contributed by atoms with Gasteiger partial charge in [0.1, 0.15) is 5.54 Å². The van der Waals surface area contributed by atoms with Gasteiger partial charge in [-0.3, -0.25) is 9.59 Å². The van der Waals surface area contributed by atoms with E-state index in [0.29, 0.717) is 18.9 Å². The van der Waals surface area contributed by atoms with Crippen LogP contribution in [0.25, 0.3) is 11.0 Å². The molecule has 1 aliphatic heterocycles. The molecule has 2 heterocycles. The number of para-hydroxylation sites is 2. The van der Waals surface area contributed by atoms with E-state index < -0.39 is 5.54 Å². The van der Waals surface area contributed by atoms with E-state index in [1.54, 1.807) is 4.90 Å². The lowest BCUT2D eigenvalue weighted by molar-refractivity contribution is -0.133. The molecule has 2 aliphatic rings. The number of carbonyl (C=O) groups excluding carboxylic acids is 2. The highest BCUT2D eigenvalue weighted by molar-refractivity contribution is 7.99. The number of benzene rings is 1. The summed E-state index contributed by atoms with van der Waals surface area (Å²) in [6.07, 6.45) is 10.2. The molecule has 1 saturated carbocycles. The molecule has 0 saturated heterocycles. The summed E-state index contributed by atoms with van der Waals surface area (Å²) in [6.45, 7) is 5.14. The minimum absolute atomic E-state index is 0.0222. The standard InChI is InChI=1S/C26H38N4O2S/c1-3-17-33-18-11-16-30-24(31)23-28-21-14-9-10-15-22(21)29(23)19-26(30,2)25(32)27-20-12-7-5-4-6-8-13-20/h9-10,14-15,20H,3-8,11-13,16-19H2,1-2H3,(H,27,32)/t26-/m1/s1. The van der Waals surface area contributed by atoms with Crippen LogP contribution in [0.15, 0.2) is 24.3 Å². The summed E-state index contributed by atoms with van der Waals surface area (Å²) in [4.78, 5) is 33.9. The Hall–Kier alpha value is -2.02. The number of hydrogen-bond donors (Lipinski definition) is 1. The molecule has 0 unspecified atom stereocenters. The van der Waals surface area contributed by atoms with E-state index in [1.807, 2.05) is 47.5 Å². The number of amides is 2. The van der Waals surface area contributed by atoms with Gasteiger partial charge in [0.15, 0.2) is 5.82 Å². The topological polar surface area (TPSA) is 67.2 Å². The first-order valence-corrected chi connectivity index (χ1v) is 13.9. The predicted octanol–water partition coefficient (Wildman–Crippen LogP) is 5.01. The Kier molecular flexibility index (Phi) is 7.99. The van der Waals surface area contributed by atoms with Gasteiger partial charge >= 0.3 is 0 Å². The zero-order valence-electron chi connectivity index (χ0n) is 20.1. The molecule has 1 atom stereocenters. The van der Waals surface area contributed by atoms with Crippen molar-refractivity contribution in [3.05, 3.63) is 30.1 Å². The first-order chi connectivity index (χ1) is 16.0. The molecule has 7 heteroatoms. The van der Waals surface area contributed by atoms with Crippen LogP contribution in [0, 0.1) is 0 Å². The van der Waals surface area contributed by atoms with Crippen LogP contribution in [-0.4, -0.2) is 55.9 Å². The van der Waals surface area contributed by atoms with E-state index in [0.717, 1.165) is 61.1 Å². The maximum absolute atomic E-state index is 13.8. The normalized spacial score (nSPS) is 22.1. The van der Waals surface area contributed by atoms with Crippen LogP contribution < -0.4 is 5.32 Å². The van der Waals surface area contributed by atoms with Crippen molar-refractivity contribution in [2.45, 2.75) is 89.8 Å². The molecule has 2 aromatic rings. The third-order valence-electron chi connectivity index (χ3n) is 7.10. The summed E-state index contributed by atoms with van der Waals surface area (Å²) in [7, 11) is 0. The van der Waals surface area contributed by atoms with Crippen molar-refractivity contribution in [2.24, 2.45) is 0 Å². The molecule has 1 fully saturated rings. The Labute approximate surface area is 201 Å². The summed E-state index contributed by atoms with van der Waals surface area (Å²) in [5, 5.41) is 3.36. The molecule has 6 nitrogen and oxygen atoms in total. The van der Waals surface area contributed by atoms with E-state index in [4.69, 9.17) is 0 Å². The van der Waals surface area contributed by atoms with Gasteiger partial charge in [-0.25, -0.2) is 4.98 Å². The average molecular weight is 471 g/mol. The van der Waals surface area contributed by atoms with Crippen LogP contribution in [0.1, 0.15) is 82.3 Å².